The number of aromatic nitrogens is 2. The average Bonchev–Trinajstić information content (AvgIpc) is 3.37. The van der Waals surface area contributed by atoms with Crippen molar-refractivity contribution in [1.82, 2.24) is 19.8 Å². The molecule has 1 aliphatic heterocycles. The van der Waals surface area contributed by atoms with Crippen molar-refractivity contribution in [3.63, 3.8) is 0 Å². The van der Waals surface area contributed by atoms with Gasteiger partial charge in [0.05, 0.1) is 23.3 Å². The lowest BCUT2D eigenvalue weighted by Crippen LogP contribution is -2.38. The predicted octanol–water partition coefficient (Wildman–Crippen LogP) is 3.13. The molecule has 7 heteroatoms. The van der Waals surface area contributed by atoms with Gasteiger partial charge in [-0.3, -0.25) is 9.59 Å². The number of imidazole rings is 1. The van der Waals surface area contributed by atoms with Crippen molar-refractivity contribution in [2.45, 2.75) is 38.8 Å². The summed E-state index contributed by atoms with van der Waals surface area (Å²) in [5.74, 6) is 0.692. The molecule has 3 heterocycles. The van der Waals surface area contributed by atoms with Crippen molar-refractivity contribution in [1.29, 1.82) is 0 Å². The number of rotatable bonds is 5. The van der Waals surface area contributed by atoms with Crippen LogP contribution in [0.3, 0.4) is 0 Å². The molecule has 1 aromatic carbocycles. The normalized spacial score (nSPS) is 15.5. The summed E-state index contributed by atoms with van der Waals surface area (Å²) in [5, 5.41) is 2.91. The van der Waals surface area contributed by atoms with Crippen LogP contribution in [0.25, 0.3) is 11.0 Å². The van der Waals surface area contributed by atoms with Crippen LogP contribution in [0.4, 0.5) is 0 Å². The first-order valence-corrected chi connectivity index (χ1v) is 9.71. The van der Waals surface area contributed by atoms with Gasteiger partial charge in [0.15, 0.2) is 5.76 Å². The van der Waals surface area contributed by atoms with Gasteiger partial charge in [0.2, 0.25) is 5.91 Å². The Hall–Kier alpha value is -3.09. The van der Waals surface area contributed by atoms with Gasteiger partial charge in [-0.25, -0.2) is 4.98 Å². The Morgan fingerprint density at radius 3 is 2.68 bits per heavy atom. The molecule has 2 amide bonds. The lowest BCUT2D eigenvalue weighted by Gasteiger charge is -2.27. The molecule has 0 spiro atoms. The Bertz CT molecular complexity index is 971. The van der Waals surface area contributed by atoms with E-state index in [-0.39, 0.29) is 30.2 Å². The van der Waals surface area contributed by atoms with E-state index in [0.717, 1.165) is 37.0 Å². The van der Waals surface area contributed by atoms with E-state index in [4.69, 9.17) is 9.40 Å². The van der Waals surface area contributed by atoms with Gasteiger partial charge >= 0.3 is 0 Å². The molecule has 28 heavy (non-hydrogen) atoms. The number of furan rings is 1. The average molecular weight is 380 g/mol. The summed E-state index contributed by atoms with van der Waals surface area (Å²) in [7, 11) is 0. The van der Waals surface area contributed by atoms with Crippen LogP contribution in [0.1, 0.15) is 48.6 Å². The van der Waals surface area contributed by atoms with E-state index in [1.807, 2.05) is 40.7 Å². The Labute approximate surface area is 163 Å². The lowest BCUT2D eigenvalue weighted by atomic mass is 10.1. The van der Waals surface area contributed by atoms with Gasteiger partial charge < -0.3 is 19.2 Å². The maximum atomic E-state index is 12.9. The Morgan fingerprint density at radius 2 is 1.93 bits per heavy atom. The Kier molecular flexibility index (Phi) is 5.14. The number of hydrogen-bond acceptors (Lipinski definition) is 4. The van der Waals surface area contributed by atoms with Gasteiger partial charge in [-0.05, 0) is 50.5 Å². The van der Waals surface area contributed by atoms with Gasteiger partial charge in [-0.2, -0.15) is 0 Å². The molecule has 0 bridgehead atoms. The van der Waals surface area contributed by atoms with Gasteiger partial charge in [0.25, 0.3) is 5.91 Å². The summed E-state index contributed by atoms with van der Waals surface area (Å²) in [6.07, 6.45) is 4.75. The number of amides is 2. The Morgan fingerprint density at radius 1 is 1.14 bits per heavy atom. The highest BCUT2D eigenvalue weighted by Crippen LogP contribution is 2.22. The summed E-state index contributed by atoms with van der Waals surface area (Å²) >= 11 is 0. The summed E-state index contributed by atoms with van der Waals surface area (Å²) in [6.45, 7) is 3.71. The van der Waals surface area contributed by atoms with Crippen LogP contribution in [0, 0.1) is 0 Å². The molecule has 0 radical (unpaired) electrons. The fraction of sp³-hybridized carbons (Fsp3) is 0.381. The minimum atomic E-state index is -0.376. The quantitative estimate of drug-likeness (QED) is 0.737. The van der Waals surface area contributed by atoms with E-state index in [1.165, 1.54) is 12.7 Å². The van der Waals surface area contributed by atoms with Crippen molar-refractivity contribution in [3.8, 4) is 0 Å². The third-order valence-electron chi connectivity index (χ3n) is 5.17. The summed E-state index contributed by atoms with van der Waals surface area (Å²) in [4.78, 5) is 31.9. The maximum Gasteiger partial charge on any atom is 0.287 e. The molecule has 0 unspecified atom stereocenters. The number of hydrogen-bond donors (Lipinski definition) is 1. The van der Waals surface area contributed by atoms with Crippen molar-refractivity contribution in [2.75, 3.05) is 13.1 Å². The molecular weight excluding hydrogens is 356 g/mol. The molecule has 7 nitrogen and oxygen atoms in total. The second-order valence-electron chi connectivity index (χ2n) is 7.16. The zero-order chi connectivity index (χ0) is 19.5. The third kappa shape index (κ3) is 3.65. The van der Waals surface area contributed by atoms with E-state index in [2.05, 4.69) is 5.32 Å². The van der Waals surface area contributed by atoms with Gasteiger partial charge in [0.1, 0.15) is 12.4 Å². The zero-order valence-electron chi connectivity index (χ0n) is 15.9. The number of benzene rings is 1. The van der Waals surface area contributed by atoms with Gasteiger partial charge in [-0.15, -0.1) is 0 Å². The highest BCUT2D eigenvalue weighted by Gasteiger charge is 2.23. The van der Waals surface area contributed by atoms with Crippen LogP contribution in [0.15, 0.2) is 47.1 Å². The molecule has 146 valence electrons. The smallest absolute Gasteiger partial charge is 0.287 e. The topological polar surface area (TPSA) is 80.4 Å². The van der Waals surface area contributed by atoms with Crippen LogP contribution in [0.2, 0.25) is 0 Å². The summed E-state index contributed by atoms with van der Waals surface area (Å²) in [5.41, 5.74) is 1.70. The predicted molar refractivity (Wildman–Crippen MR) is 105 cm³/mol. The zero-order valence-corrected chi connectivity index (χ0v) is 15.9. The first-order valence-electron chi connectivity index (χ1n) is 9.71. The number of likely N-dealkylation sites (tertiary alicyclic amines) is 1. The van der Waals surface area contributed by atoms with Crippen LogP contribution in [-0.2, 0) is 11.3 Å². The molecule has 1 saturated heterocycles. The fourth-order valence-corrected chi connectivity index (χ4v) is 3.71. The van der Waals surface area contributed by atoms with Crippen molar-refractivity contribution >= 4 is 22.8 Å². The highest BCUT2D eigenvalue weighted by atomic mass is 16.3. The molecule has 0 aliphatic carbocycles. The molecular formula is C21H24N4O3. The minimum Gasteiger partial charge on any atom is -0.459 e. The van der Waals surface area contributed by atoms with E-state index in [9.17, 15) is 9.59 Å². The van der Waals surface area contributed by atoms with Crippen molar-refractivity contribution < 1.29 is 14.0 Å². The van der Waals surface area contributed by atoms with Gasteiger partial charge in [0, 0.05) is 13.1 Å². The second kappa shape index (κ2) is 7.88. The number of fused-ring (bicyclic) bond motifs is 1. The SMILES string of the molecule is C[C@H](NC(=O)c1ccco1)c1nc2ccccc2n1CC(=O)N1CCCCC1. The number of carbonyl (C=O) groups is 2. The molecule has 1 atom stereocenters. The molecule has 1 fully saturated rings. The lowest BCUT2D eigenvalue weighted by molar-refractivity contribution is -0.132. The highest BCUT2D eigenvalue weighted by molar-refractivity contribution is 5.91. The molecule has 3 aromatic rings. The summed E-state index contributed by atoms with van der Waals surface area (Å²) in [6, 6.07) is 10.6. The van der Waals surface area contributed by atoms with E-state index >= 15 is 0 Å². The number of carbonyl (C=O) groups excluding carboxylic acids is 2. The monoisotopic (exact) mass is 380 g/mol. The van der Waals surface area contributed by atoms with Crippen LogP contribution >= 0.6 is 0 Å². The van der Waals surface area contributed by atoms with Gasteiger partial charge in [-0.1, -0.05) is 12.1 Å². The maximum absolute atomic E-state index is 12.9. The van der Waals surface area contributed by atoms with E-state index in [1.54, 1.807) is 12.1 Å². The van der Waals surface area contributed by atoms with Crippen LogP contribution in [-0.4, -0.2) is 39.4 Å². The Balaban J connectivity index is 1.61. The van der Waals surface area contributed by atoms with E-state index in [0.29, 0.717) is 5.82 Å². The third-order valence-corrected chi connectivity index (χ3v) is 5.17. The molecule has 2 aromatic heterocycles. The van der Waals surface area contributed by atoms with Crippen LogP contribution in [0.5, 0.6) is 0 Å². The minimum absolute atomic E-state index is 0.0914. The van der Waals surface area contributed by atoms with Crippen molar-refractivity contribution in [2.24, 2.45) is 0 Å². The number of para-hydroxylation sites is 2. The second-order valence-corrected chi connectivity index (χ2v) is 7.16. The standard InChI is InChI=1S/C21H24N4O3/c1-15(22-21(27)18-10-7-13-28-18)20-23-16-8-3-4-9-17(16)25(20)14-19(26)24-11-5-2-6-12-24/h3-4,7-10,13,15H,2,5-6,11-12,14H2,1H3,(H,22,27)/t15-/m0/s1. The van der Waals surface area contributed by atoms with Crippen LogP contribution < -0.4 is 5.32 Å². The first kappa shape index (κ1) is 18.3. The molecule has 0 saturated carbocycles. The summed E-state index contributed by atoms with van der Waals surface area (Å²) < 4.78 is 7.08. The number of piperidine rings is 1. The van der Waals surface area contributed by atoms with Crippen molar-refractivity contribution in [3.05, 3.63) is 54.2 Å². The number of nitrogens with zero attached hydrogens (tertiary/aromatic N) is 3. The number of nitrogens with one attached hydrogen (secondary N) is 1. The molecule has 1 aliphatic rings. The fourth-order valence-electron chi connectivity index (χ4n) is 3.71. The first-order chi connectivity index (χ1) is 13.6. The largest absolute Gasteiger partial charge is 0.459 e. The van der Waals surface area contributed by atoms with E-state index < -0.39 is 0 Å². The molecule has 4 rings (SSSR count). The molecule has 1 N–H and O–H groups in total.